The number of hydrogen-bond acceptors (Lipinski definition) is 7. The molecule has 9 heteroatoms. The Bertz CT molecular complexity index is 1110. The van der Waals surface area contributed by atoms with Crippen molar-refractivity contribution in [2.75, 3.05) is 19.8 Å². The quantitative estimate of drug-likeness (QED) is 0.0286. The van der Waals surface area contributed by atoms with Crippen molar-refractivity contribution in [1.29, 1.82) is 0 Å². The lowest BCUT2D eigenvalue weighted by atomic mass is 10.1. The number of carbonyl (C=O) groups is 2. The zero-order valence-electron chi connectivity index (χ0n) is 34.3. The molecule has 0 fully saturated rings. The third-order valence-corrected chi connectivity index (χ3v) is 9.56. The minimum atomic E-state index is -4.29. The van der Waals surface area contributed by atoms with Gasteiger partial charge >= 0.3 is 19.8 Å². The molecule has 1 N–H and O–H groups in total. The zero-order valence-corrected chi connectivity index (χ0v) is 35.2. The van der Waals surface area contributed by atoms with Gasteiger partial charge in [-0.1, -0.05) is 145 Å². The van der Waals surface area contributed by atoms with Gasteiger partial charge in [-0.05, 0) is 90.4 Å². The van der Waals surface area contributed by atoms with Gasteiger partial charge in [0.05, 0.1) is 13.2 Å². The number of allylic oxidation sites excluding steroid dienone is 12. The summed E-state index contributed by atoms with van der Waals surface area (Å²) in [6, 6.07) is 0. The lowest BCUT2D eigenvalue weighted by molar-refractivity contribution is -0.161. The molecule has 0 aromatic rings. The average molecular weight is 777 g/mol. The minimum absolute atomic E-state index is 0.00971. The first kappa shape index (κ1) is 51.5. The van der Waals surface area contributed by atoms with Crippen molar-refractivity contribution in [3.8, 4) is 0 Å². The molecule has 0 saturated carbocycles. The van der Waals surface area contributed by atoms with Gasteiger partial charge < -0.3 is 14.4 Å². The molecule has 0 heterocycles. The molecule has 0 spiro atoms. The number of rotatable bonds is 38. The van der Waals surface area contributed by atoms with Gasteiger partial charge in [-0.3, -0.25) is 18.6 Å². The van der Waals surface area contributed by atoms with E-state index >= 15 is 0 Å². The molecule has 0 aliphatic heterocycles. The Hall–Kier alpha value is -2.51. The fourth-order valence-corrected chi connectivity index (χ4v) is 6.17. The molecule has 0 aliphatic rings. The Balaban J connectivity index is 4.17. The summed E-state index contributed by atoms with van der Waals surface area (Å²) in [4.78, 5) is 34.7. The van der Waals surface area contributed by atoms with E-state index in [0.717, 1.165) is 89.9 Å². The predicted octanol–water partition coefficient (Wildman–Crippen LogP) is 13.3. The maximum absolute atomic E-state index is 12.5. The third-order valence-electron chi connectivity index (χ3n) is 8.50. The van der Waals surface area contributed by atoms with Crippen LogP contribution in [0.2, 0.25) is 0 Å². The monoisotopic (exact) mass is 777 g/mol. The summed E-state index contributed by atoms with van der Waals surface area (Å²) in [7, 11) is -4.29. The molecule has 2 unspecified atom stereocenters. The van der Waals surface area contributed by atoms with Crippen molar-refractivity contribution in [3.63, 3.8) is 0 Å². The van der Waals surface area contributed by atoms with Crippen molar-refractivity contribution >= 4 is 19.8 Å². The maximum atomic E-state index is 12.5. The number of carbonyl (C=O) groups excluding carboxylic acids is 2. The van der Waals surface area contributed by atoms with Gasteiger partial charge in [0.15, 0.2) is 6.10 Å². The van der Waals surface area contributed by atoms with Crippen molar-refractivity contribution in [2.24, 2.45) is 0 Å². The molecule has 8 nitrogen and oxygen atoms in total. The lowest BCUT2D eigenvalue weighted by Crippen LogP contribution is -2.29. The fraction of sp³-hybridized carbons (Fsp3) is 0.689. The smallest absolute Gasteiger partial charge is 0.462 e. The Morgan fingerprint density at radius 3 is 1.43 bits per heavy atom. The van der Waals surface area contributed by atoms with Crippen LogP contribution < -0.4 is 0 Å². The largest absolute Gasteiger partial charge is 0.472 e. The van der Waals surface area contributed by atoms with E-state index in [9.17, 15) is 19.0 Å². The second kappa shape index (κ2) is 40.2. The van der Waals surface area contributed by atoms with E-state index in [1.807, 2.05) is 0 Å². The Labute approximate surface area is 330 Å². The van der Waals surface area contributed by atoms with E-state index in [2.05, 4.69) is 86.8 Å². The molecule has 0 bridgehead atoms. The van der Waals surface area contributed by atoms with Crippen LogP contribution in [0.3, 0.4) is 0 Å². The van der Waals surface area contributed by atoms with Crippen LogP contribution in [0.15, 0.2) is 72.9 Å². The van der Waals surface area contributed by atoms with E-state index in [4.69, 9.17) is 18.5 Å². The molecule has 0 radical (unpaired) electrons. The second-order valence-electron chi connectivity index (χ2n) is 13.6. The molecule has 54 heavy (non-hydrogen) atoms. The van der Waals surface area contributed by atoms with Gasteiger partial charge in [0.2, 0.25) is 0 Å². The molecule has 0 aromatic carbocycles. The summed E-state index contributed by atoms with van der Waals surface area (Å²) < 4.78 is 32.6. The van der Waals surface area contributed by atoms with Crippen LogP contribution in [-0.4, -0.2) is 42.8 Å². The van der Waals surface area contributed by atoms with E-state index in [0.29, 0.717) is 6.42 Å². The molecule has 310 valence electrons. The predicted molar refractivity (Wildman–Crippen MR) is 225 cm³/mol. The van der Waals surface area contributed by atoms with Crippen LogP contribution in [0.4, 0.5) is 0 Å². The Kier molecular flexibility index (Phi) is 38.3. The highest BCUT2D eigenvalue weighted by Crippen LogP contribution is 2.43. The van der Waals surface area contributed by atoms with Crippen LogP contribution in [0.25, 0.3) is 0 Å². The van der Waals surface area contributed by atoms with E-state index < -0.39 is 26.5 Å². The molecular formula is C45H77O8P. The summed E-state index contributed by atoms with van der Waals surface area (Å²) in [6.45, 7) is 5.28. The summed E-state index contributed by atoms with van der Waals surface area (Å²) in [5.41, 5.74) is 0. The molecule has 0 saturated heterocycles. The summed E-state index contributed by atoms with van der Waals surface area (Å²) in [5.74, 6) is -0.840. The van der Waals surface area contributed by atoms with Gasteiger partial charge in [-0.2, -0.15) is 0 Å². The van der Waals surface area contributed by atoms with Gasteiger partial charge in [-0.15, -0.1) is 0 Å². The average Bonchev–Trinajstić information content (AvgIpc) is 3.15. The fourth-order valence-electron chi connectivity index (χ4n) is 5.41. The summed E-state index contributed by atoms with van der Waals surface area (Å²) >= 11 is 0. The second-order valence-corrected chi connectivity index (χ2v) is 15.1. The van der Waals surface area contributed by atoms with Gasteiger partial charge in [-0.25, -0.2) is 4.57 Å². The van der Waals surface area contributed by atoms with E-state index in [-0.39, 0.29) is 32.0 Å². The molecule has 0 rings (SSSR count). The number of ether oxygens (including phenoxy) is 2. The standard InChI is InChI=1S/C45H77O8P/c1-4-7-9-11-13-15-17-19-21-23-25-27-29-31-33-35-37-39-44(46)50-41-43(42-52-54(48,49)51-6-3)53-45(47)40-38-36-34-32-30-28-26-24-22-20-18-16-14-12-10-8-5-2/h8,10,13-16,19-22,26,28,43H,4-7,9,11-12,17-18,23-25,27,29-42H2,1-3H3,(H,48,49)/b10-8-,15-13-,16-14-,21-19-,22-20-,28-26-. The number of phosphoric ester groups is 1. The zero-order chi connectivity index (χ0) is 39.6. The van der Waals surface area contributed by atoms with Crippen molar-refractivity contribution in [1.82, 2.24) is 0 Å². The number of phosphoric acid groups is 1. The molecule has 0 amide bonds. The first-order valence-electron chi connectivity index (χ1n) is 21.2. The minimum Gasteiger partial charge on any atom is -0.462 e. The molecule has 2 atom stereocenters. The van der Waals surface area contributed by atoms with Crippen molar-refractivity contribution < 1.29 is 37.6 Å². The van der Waals surface area contributed by atoms with Crippen LogP contribution in [0.1, 0.15) is 175 Å². The highest BCUT2D eigenvalue weighted by Gasteiger charge is 2.25. The van der Waals surface area contributed by atoms with Gasteiger partial charge in [0.1, 0.15) is 6.61 Å². The van der Waals surface area contributed by atoms with Gasteiger partial charge in [0, 0.05) is 12.8 Å². The number of hydrogen-bond donors (Lipinski definition) is 1. The normalized spacial score (nSPS) is 14.1. The summed E-state index contributed by atoms with van der Waals surface area (Å²) in [6.07, 6.45) is 49.5. The van der Waals surface area contributed by atoms with Gasteiger partial charge in [0.25, 0.3) is 0 Å². The SMILES string of the molecule is CC/C=C\C/C=C\C/C=C\C/C=C\CCCCCCC(=O)OC(COC(=O)CCCCCCCCC/C=C\C/C=C\CCCCC)COP(=O)(O)OCC. The number of unbranched alkanes of at least 4 members (excludes halogenated alkanes) is 14. The van der Waals surface area contributed by atoms with E-state index in [1.165, 1.54) is 44.9 Å². The molecule has 0 aromatic heterocycles. The summed E-state index contributed by atoms with van der Waals surface area (Å²) in [5, 5.41) is 0. The van der Waals surface area contributed by atoms with Crippen LogP contribution in [0.5, 0.6) is 0 Å². The molecule has 0 aliphatic carbocycles. The first-order valence-corrected chi connectivity index (χ1v) is 22.7. The maximum Gasteiger partial charge on any atom is 0.472 e. The third kappa shape index (κ3) is 39.2. The van der Waals surface area contributed by atoms with Crippen LogP contribution in [-0.2, 0) is 32.7 Å². The Morgan fingerprint density at radius 2 is 0.944 bits per heavy atom. The van der Waals surface area contributed by atoms with Crippen molar-refractivity contribution in [2.45, 2.75) is 181 Å². The lowest BCUT2D eigenvalue weighted by Gasteiger charge is -2.19. The molecular weight excluding hydrogens is 699 g/mol. The Morgan fingerprint density at radius 1 is 0.519 bits per heavy atom. The van der Waals surface area contributed by atoms with Crippen LogP contribution in [0, 0.1) is 0 Å². The van der Waals surface area contributed by atoms with Crippen molar-refractivity contribution in [3.05, 3.63) is 72.9 Å². The van der Waals surface area contributed by atoms with E-state index in [1.54, 1.807) is 6.92 Å². The first-order chi connectivity index (χ1) is 26.3. The highest BCUT2D eigenvalue weighted by molar-refractivity contribution is 7.47. The highest BCUT2D eigenvalue weighted by atomic mass is 31.2. The van der Waals surface area contributed by atoms with Crippen LogP contribution >= 0.6 is 7.82 Å². The topological polar surface area (TPSA) is 108 Å². The number of esters is 2.